The molecular weight excluding hydrogens is 390 g/mol. The van der Waals surface area contributed by atoms with Gasteiger partial charge in [-0.2, -0.15) is 0 Å². The maximum absolute atomic E-state index is 13.6. The van der Waals surface area contributed by atoms with Crippen molar-refractivity contribution >= 4 is 21.6 Å². The summed E-state index contributed by atoms with van der Waals surface area (Å²) in [6.45, 7) is 9.77. The van der Waals surface area contributed by atoms with Crippen LogP contribution in [0.5, 0.6) is 0 Å². The number of likely N-dealkylation sites (N-methyl/N-ethyl adjacent to an activating group) is 1. The third-order valence-corrected chi connectivity index (χ3v) is 6.60. The summed E-state index contributed by atoms with van der Waals surface area (Å²) in [5.41, 5.74) is 3.31. The van der Waals surface area contributed by atoms with Crippen LogP contribution in [0.3, 0.4) is 0 Å². The zero-order valence-electron chi connectivity index (χ0n) is 17.8. The van der Waals surface area contributed by atoms with Crippen molar-refractivity contribution < 1.29 is 0 Å². The van der Waals surface area contributed by atoms with Crippen LogP contribution in [0.4, 0.5) is 0 Å². The molecule has 0 spiro atoms. The third-order valence-electron chi connectivity index (χ3n) is 5.52. The van der Waals surface area contributed by atoms with Crippen molar-refractivity contribution in [1.82, 2.24) is 14.5 Å². The van der Waals surface area contributed by atoms with Crippen LogP contribution in [-0.2, 0) is 6.54 Å². The molecule has 0 radical (unpaired) electrons. The van der Waals surface area contributed by atoms with E-state index in [-0.39, 0.29) is 5.56 Å². The highest BCUT2D eigenvalue weighted by Gasteiger charge is 2.17. The van der Waals surface area contributed by atoms with Gasteiger partial charge in [0.05, 0.1) is 5.39 Å². The summed E-state index contributed by atoms with van der Waals surface area (Å²) in [6.07, 6.45) is 0. The van der Waals surface area contributed by atoms with Crippen LogP contribution in [0.25, 0.3) is 32.0 Å². The van der Waals surface area contributed by atoms with Crippen LogP contribution in [0, 0.1) is 6.92 Å². The lowest BCUT2D eigenvalue weighted by Gasteiger charge is -2.20. The SMILES string of the molecule is CCN(CC)CCn1c(-c2cccc(C)c2)nc2sc(-c3ccccc3)cc2c1=O. The molecule has 5 heteroatoms. The summed E-state index contributed by atoms with van der Waals surface area (Å²) in [7, 11) is 0. The lowest BCUT2D eigenvalue weighted by molar-refractivity contribution is 0.289. The number of benzene rings is 2. The molecule has 0 bridgehead atoms. The largest absolute Gasteiger partial charge is 0.302 e. The first-order valence-electron chi connectivity index (χ1n) is 10.5. The van der Waals surface area contributed by atoms with Crippen LogP contribution >= 0.6 is 11.3 Å². The van der Waals surface area contributed by atoms with Crippen LogP contribution in [-0.4, -0.2) is 34.1 Å². The van der Waals surface area contributed by atoms with Crippen molar-refractivity contribution in [3.8, 4) is 21.8 Å². The van der Waals surface area contributed by atoms with Gasteiger partial charge in [-0.15, -0.1) is 11.3 Å². The number of rotatable bonds is 7. The molecular formula is C25H27N3OS. The van der Waals surface area contributed by atoms with Crippen molar-refractivity contribution in [2.45, 2.75) is 27.3 Å². The molecule has 0 saturated heterocycles. The molecule has 0 saturated carbocycles. The van der Waals surface area contributed by atoms with E-state index in [0.717, 1.165) is 51.9 Å². The Kier molecular flexibility index (Phi) is 6.11. The van der Waals surface area contributed by atoms with Gasteiger partial charge in [0.15, 0.2) is 0 Å². The van der Waals surface area contributed by atoms with E-state index in [1.165, 1.54) is 0 Å². The van der Waals surface area contributed by atoms with Crippen LogP contribution in [0.15, 0.2) is 65.5 Å². The molecule has 0 unspecified atom stereocenters. The standard InChI is InChI=1S/C25H27N3OS/c1-4-27(5-2)14-15-28-23(20-13-9-10-18(3)16-20)26-24-21(25(28)29)17-22(30-24)19-11-7-6-8-12-19/h6-13,16-17H,4-5,14-15H2,1-3H3. The summed E-state index contributed by atoms with van der Waals surface area (Å²) >= 11 is 1.58. The molecule has 0 N–H and O–H groups in total. The fraction of sp³-hybridized carbons (Fsp3) is 0.280. The summed E-state index contributed by atoms with van der Waals surface area (Å²) in [4.78, 5) is 22.7. The highest BCUT2D eigenvalue weighted by atomic mass is 32.1. The first kappa shape index (κ1) is 20.5. The van der Waals surface area contributed by atoms with Gasteiger partial charge in [-0.1, -0.05) is 67.9 Å². The van der Waals surface area contributed by atoms with Gasteiger partial charge in [0.2, 0.25) is 0 Å². The molecule has 30 heavy (non-hydrogen) atoms. The second-order valence-corrected chi connectivity index (χ2v) is 8.51. The molecule has 2 aromatic carbocycles. The number of nitrogens with zero attached hydrogens (tertiary/aromatic N) is 3. The number of hydrogen-bond acceptors (Lipinski definition) is 4. The quantitative estimate of drug-likeness (QED) is 0.402. The van der Waals surface area contributed by atoms with Gasteiger partial charge in [-0.25, -0.2) is 4.98 Å². The number of thiophene rings is 1. The second kappa shape index (κ2) is 8.94. The third kappa shape index (κ3) is 4.09. The van der Waals surface area contributed by atoms with E-state index >= 15 is 0 Å². The molecule has 0 amide bonds. The van der Waals surface area contributed by atoms with Crippen LogP contribution < -0.4 is 5.56 Å². The van der Waals surface area contributed by atoms with Crippen molar-refractivity contribution in [1.29, 1.82) is 0 Å². The molecule has 4 rings (SSSR count). The Morgan fingerprint density at radius 2 is 1.70 bits per heavy atom. The number of aryl methyl sites for hydroxylation is 1. The smallest absolute Gasteiger partial charge is 0.262 e. The molecule has 0 aliphatic carbocycles. The van der Waals surface area contributed by atoms with E-state index in [1.807, 2.05) is 41.0 Å². The average Bonchev–Trinajstić information content (AvgIpc) is 3.21. The summed E-state index contributed by atoms with van der Waals surface area (Å²) < 4.78 is 1.86. The Bertz CT molecular complexity index is 1210. The van der Waals surface area contributed by atoms with Gasteiger partial charge in [-0.3, -0.25) is 9.36 Å². The van der Waals surface area contributed by atoms with Crippen molar-refractivity contribution in [2.24, 2.45) is 0 Å². The van der Waals surface area contributed by atoms with Crippen molar-refractivity contribution in [3.05, 3.63) is 76.6 Å². The zero-order chi connectivity index (χ0) is 21.1. The van der Waals surface area contributed by atoms with E-state index in [4.69, 9.17) is 4.98 Å². The number of hydrogen-bond donors (Lipinski definition) is 0. The van der Waals surface area contributed by atoms with Crippen molar-refractivity contribution in [2.75, 3.05) is 19.6 Å². The molecule has 154 valence electrons. The van der Waals surface area contributed by atoms with E-state index in [2.05, 4.69) is 49.9 Å². The monoisotopic (exact) mass is 417 g/mol. The fourth-order valence-electron chi connectivity index (χ4n) is 3.75. The minimum absolute atomic E-state index is 0.0436. The molecule has 0 atom stereocenters. The summed E-state index contributed by atoms with van der Waals surface area (Å²) in [5, 5.41) is 0.704. The highest BCUT2D eigenvalue weighted by Crippen LogP contribution is 2.32. The minimum Gasteiger partial charge on any atom is -0.302 e. The Hall–Kier alpha value is -2.76. The summed E-state index contributed by atoms with van der Waals surface area (Å²) in [5.74, 6) is 0.754. The first-order chi connectivity index (χ1) is 14.6. The Morgan fingerprint density at radius 1 is 0.967 bits per heavy atom. The van der Waals surface area contributed by atoms with E-state index in [1.54, 1.807) is 11.3 Å². The fourth-order valence-corrected chi connectivity index (χ4v) is 4.78. The Labute approximate surface area is 181 Å². The van der Waals surface area contributed by atoms with Gasteiger partial charge in [0.1, 0.15) is 10.7 Å². The van der Waals surface area contributed by atoms with Gasteiger partial charge < -0.3 is 4.90 Å². The Morgan fingerprint density at radius 3 is 2.40 bits per heavy atom. The van der Waals surface area contributed by atoms with Crippen LogP contribution in [0.1, 0.15) is 19.4 Å². The van der Waals surface area contributed by atoms with Crippen LogP contribution in [0.2, 0.25) is 0 Å². The van der Waals surface area contributed by atoms with Gasteiger partial charge >= 0.3 is 0 Å². The molecule has 4 nitrogen and oxygen atoms in total. The summed E-state index contributed by atoms with van der Waals surface area (Å²) in [6, 6.07) is 20.4. The Balaban J connectivity index is 1.88. The first-order valence-corrected chi connectivity index (χ1v) is 11.3. The van der Waals surface area contributed by atoms with Gasteiger partial charge in [0, 0.05) is 23.5 Å². The molecule has 2 aromatic heterocycles. The maximum atomic E-state index is 13.6. The number of aromatic nitrogens is 2. The lowest BCUT2D eigenvalue weighted by Crippen LogP contribution is -2.32. The topological polar surface area (TPSA) is 38.1 Å². The van der Waals surface area contributed by atoms with Gasteiger partial charge in [-0.05, 0) is 37.7 Å². The molecule has 0 aliphatic rings. The zero-order valence-corrected chi connectivity index (χ0v) is 18.6. The van der Waals surface area contributed by atoms with E-state index in [9.17, 15) is 4.79 Å². The predicted octanol–water partition coefficient (Wildman–Crippen LogP) is 5.44. The highest BCUT2D eigenvalue weighted by molar-refractivity contribution is 7.21. The average molecular weight is 418 g/mol. The van der Waals surface area contributed by atoms with E-state index in [0.29, 0.717) is 11.9 Å². The second-order valence-electron chi connectivity index (χ2n) is 7.48. The molecule has 0 aliphatic heterocycles. The normalized spacial score (nSPS) is 11.5. The molecule has 0 fully saturated rings. The maximum Gasteiger partial charge on any atom is 0.262 e. The van der Waals surface area contributed by atoms with E-state index < -0.39 is 0 Å². The molecule has 4 aromatic rings. The molecule has 2 heterocycles. The van der Waals surface area contributed by atoms with Gasteiger partial charge in [0.25, 0.3) is 5.56 Å². The minimum atomic E-state index is 0.0436. The lowest BCUT2D eigenvalue weighted by atomic mass is 10.1. The van der Waals surface area contributed by atoms with Crippen molar-refractivity contribution in [3.63, 3.8) is 0 Å². The number of fused-ring (bicyclic) bond motifs is 1. The predicted molar refractivity (Wildman–Crippen MR) is 127 cm³/mol.